The number of rotatable bonds is 7. The van der Waals surface area contributed by atoms with E-state index in [-0.39, 0.29) is 12.6 Å². The van der Waals surface area contributed by atoms with Crippen LogP contribution in [0.1, 0.15) is 25.3 Å². The molecule has 0 amide bonds. The van der Waals surface area contributed by atoms with E-state index >= 15 is 0 Å². The van der Waals surface area contributed by atoms with Gasteiger partial charge in [0, 0.05) is 0 Å². The lowest BCUT2D eigenvalue weighted by atomic mass is 10.2. The van der Waals surface area contributed by atoms with Crippen LogP contribution in [0.25, 0.3) is 0 Å². The van der Waals surface area contributed by atoms with Crippen molar-refractivity contribution < 1.29 is 19.0 Å². The van der Waals surface area contributed by atoms with E-state index in [1.807, 2.05) is 26.0 Å². The van der Waals surface area contributed by atoms with Gasteiger partial charge in [-0.3, -0.25) is 0 Å². The number of aryl methyl sites for hydroxylation is 1. The van der Waals surface area contributed by atoms with Gasteiger partial charge in [-0.2, -0.15) is 0 Å². The maximum atomic E-state index is 11.4. The molecule has 0 saturated carbocycles. The first-order valence-electron chi connectivity index (χ1n) is 6.10. The van der Waals surface area contributed by atoms with E-state index in [4.69, 9.17) is 14.2 Å². The highest BCUT2D eigenvalue weighted by atomic mass is 16.6. The summed E-state index contributed by atoms with van der Waals surface area (Å²) in [5.74, 6) is 0.818. The summed E-state index contributed by atoms with van der Waals surface area (Å²) in [5, 5.41) is 0. The van der Waals surface area contributed by atoms with Crippen molar-refractivity contribution in [2.75, 3.05) is 20.3 Å². The number of carbonyl (C=O) groups is 1. The highest BCUT2D eigenvalue weighted by Gasteiger charge is 2.08. The largest absolute Gasteiger partial charge is 0.493 e. The molecule has 0 atom stereocenters. The van der Waals surface area contributed by atoms with E-state index < -0.39 is 0 Å². The first kappa shape index (κ1) is 14.4. The minimum Gasteiger partial charge on any atom is -0.493 e. The molecule has 0 radical (unpaired) electrons. The van der Waals surface area contributed by atoms with Crippen LogP contribution in [-0.4, -0.2) is 26.3 Å². The van der Waals surface area contributed by atoms with Crippen LogP contribution in [0.15, 0.2) is 18.2 Å². The maximum absolute atomic E-state index is 11.4. The molecule has 4 heteroatoms. The Hall–Kier alpha value is -1.71. The van der Waals surface area contributed by atoms with Crippen molar-refractivity contribution in [1.29, 1.82) is 0 Å². The Labute approximate surface area is 108 Å². The third kappa shape index (κ3) is 4.65. The smallest absolute Gasteiger partial charge is 0.344 e. The van der Waals surface area contributed by atoms with Crippen LogP contribution < -0.4 is 9.47 Å². The number of esters is 1. The van der Waals surface area contributed by atoms with Crippen LogP contribution in [0.5, 0.6) is 11.5 Å². The molecule has 0 aliphatic heterocycles. The summed E-state index contributed by atoms with van der Waals surface area (Å²) in [6, 6.07) is 5.55. The second kappa shape index (κ2) is 7.58. The minimum absolute atomic E-state index is 0.0941. The Balaban J connectivity index is 2.45. The lowest BCUT2D eigenvalue weighted by Crippen LogP contribution is -2.15. The standard InChI is InChI=1S/C14H20O4/c1-4-5-8-17-14(15)10-18-12-7-6-11(2)9-13(12)16-3/h6-7,9H,4-5,8,10H2,1-3H3. The molecule has 0 heterocycles. The molecule has 0 saturated heterocycles. The Bertz CT molecular complexity index is 387. The molecule has 0 spiro atoms. The molecule has 1 aromatic rings. The van der Waals surface area contributed by atoms with Crippen LogP contribution in [0.4, 0.5) is 0 Å². The van der Waals surface area contributed by atoms with Crippen molar-refractivity contribution in [2.24, 2.45) is 0 Å². The van der Waals surface area contributed by atoms with Gasteiger partial charge in [-0.25, -0.2) is 4.79 Å². The third-order valence-corrected chi connectivity index (χ3v) is 2.43. The fourth-order valence-corrected chi connectivity index (χ4v) is 1.40. The number of benzene rings is 1. The van der Waals surface area contributed by atoms with Crippen molar-refractivity contribution in [3.63, 3.8) is 0 Å². The predicted molar refractivity (Wildman–Crippen MR) is 69.1 cm³/mol. The molecule has 0 N–H and O–H groups in total. The summed E-state index contributed by atoms with van der Waals surface area (Å²) >= 11 is 0. The van der Waals surface area contributed by atoms with Gasteiger partial charge in [0.05, 0.1) is 13.7 Å². The molecule has 18 heavy (non-hydrogen) atoms. The topological polar surface area (TPSA) is 44.8 Å². The second-order valence-electron chi connectivity index (χ2n) is 4.02. The number of hydrogen-bond acceptors (Lipinski definition) is 4. The lowest BCUT2D eigenvalue weighted by molar-refractivity contribution is -0.146. The van der Waals surface area contributed by atoms with E-state index in [2.05, 4.69) is 0 Å². The summed E-state index contributed by atoms with van der Waals surface area (Å²) in [5.41, 5.74) is 1.07. The van der Waals surface area contributed by atoms with Crippen LogP contribution in [-0.2, 0) is 9.53 Å². The van der Waals surface area contributed by atoms with Crippen molar-refractivity contribution in [3.8, 4) is 11.5 Å². The van der Waals surface area contributed by atoms with E-state index in [9.17, 15) is 4.79 Å². The fraction of sp³-hybridized carbons (Fsp3) is 0.500. The molecule has 1 rings (SSSR count). The zero-order valence-corrected chi connectivity index (χ0v) is 11.2. The first-order valence-corrected chi connectivity index (χ1v) is 6.10. The van der Waals surface area contributed by atoms with Crippen LogP contribution in [0, 0.1) is 6.92 Å². The average Bonchev–Trinajstić information content (AvgIpc) is 2.37. The molecular formula is C14H20O4. The Morgan fingerprint density at radius 1 is 1.28 bits per heavy atom. The van der Waals surface area contributed by atoms with Gasteiger partial charge in [-0.05, 0) is 31.0 Å². The van der Waals surface area contributed by atoms with E-state index in [1.165, 1.54) is 0 Å². The summed E-state index contributed by atoms with van der Waals surface area (Å²) in [6.45, 7) is 4.36. The maximum Gasteiger partial charge on any atom is 0.344 e. The number of carbonyl (C=O) groups excluding carboxylic acids is 1. The van der Waals surface area contributed by atoms with Gasteiger partial charge >= 0.3 is 5.97 Å². The molecule has 0 aliphatic carbocycles. The molecule has 100 valence electrons. The van der Waals surface area contributed by atoms with Crippen molar-refractivity contribution >= 4 is 5.97 Å². The summed E-state index contributed by atoms with van der Waals surface area (Å²) in [6.07, 6.45) is 1.87. The van der Waals surface area contributed by atoms with E-state index in [0.717, 1.165) is 18.4 Å². The van der Waals surface area contributed by atoms with Crippen LogP contribution in [0.3, 0.4) is 0 Å². The molecule has 0 aromatic heterocycles. The monoisotopic (exact) mass is 252 g/mol. The molecule has 0 fully saturated rings. The van der Waals surface area contributed by atoms with Crippen molar-refractivity contribution in [3.05, 3.63) is 23.8 Å². The highest BCUT2D eigenvalue weighted by molar-refractivity contribution is 5.71. The Kier molecular flexibility index (Phi) is 6.05. The number of hydrogen-bond donors (Lipinski definition) is 0. The lowest BCUT2D eigenvalue weighted by Gasteiger charge is -2.10. The minimum atomic E-state index is -0.355. The molecular weight excluding hydrogens is 232 g/mol. The number of methoxy groups -OCH3 is 1. The van der Waals surface area contributed by atoms with E-state index in [1.54, 1.807) is 13.2 Å². The molecule has 0 aliphatic rings. The van der Waals surface area contributed by atoms with Gasteiger partial charge in [-0.1, -0.05) is 19.4 Å². The molecule has 4 nitrogen and oxygen atoms in total. The fourth-order valence-electron chi connectivity index (χ4n) is 1.40. The normalized spacial score (nSPS) is 9.94. The second-order valence-corrected chi connectivity index (χ2v) is 4.02. The van der Waals surface area contributed by atoms with Crippen LogP contribution >= 0.6 is 0 Å². The van der Waals surface area contributed by atoms with E-state index in [0.29, 0.717) is 18.1 Å². The Morgan fingerprint density at radius 3 is 2.72 bits per heavy atom. The van der Waals surface area contributed by atoms with Crippen molar-refractivity contribution in [1.82, 2.24) is 0 Å². The van der Waals surface area contributed by atoms with Gasteiger partial charge in [0.25, 0.3) is 0 Å². The first-order chi connectivity index (χ1) is 8.67. The zero-order chi connectivity index (χ0) is 13.4. The Morgan fingerprint density at radius 2 is 2.06 bits per heavy atom. The highest BCUT2D eigenvalue weighted by Crippen LogP contribution is 2.27. The van der Waals surface area contributed by atoms with Gasteiger partial charge in [-0.15, -0.1) is 0 Å². The van der Waals surface area contributed by atoms with Crippen molar-refractivity contribution in [2.45, 2.75) is 26.7 Å². The van der Waals surface area contributed by atoms with Gasteiger partial charge in [0.2, 0.25) is 0 Å². The number of unbranched alkanes of at least 4 members (excludes halogenated alkanes) is 1. The number of ether oxygens (including phenoxy) is 3. The molecule has 0 bridgehead atoms. The summed E-state index contributed by atoms with van der Waals surface area (Å²) < 4.78 is 15.6. The average molecular weight is 252 g/mol. The molecule has 0 unspecified atom stereocenters. The SMILES string of the molecule is CCCCOC(=O)COc1ccc(C)cc1OC. The summed E-state index contributed by atoms with van der Waals surface area (Å²) in [7, 11) is 1.57. The third-order valence-electron chi connectivity index (χ3n) is 2.43. The zero-order valence-electron chi connectivity index (χ0n) is 11.2. The van der Waals surface area contributed by atoms with Gasteiger partial charge in [0.1, 0.15) is 0 Å². The molecule has 1 aromatic carbocycles. The quantitative estimate of drug-likeness (QED) is 0.553. The van der Waals surface area contributed by atoms with Gasteiger partial charge < -0.3 is 14.2 Å². The predicted octanol–water partition coefficient (Wildman–Crippen LogP) is 2.73. The van der Waals surface area contributed by atoms with Gasteiger partial charge in [0.15, 0.2) is 18.1 Å². The van der Waals surface area contributed by atoms with Crippen LogP contribution in [0.2, 0.25) is 0 Å². The summed E-state index contributed by atoms with van der Waals surface area (Å²) in [4.78, 5) is 11.4.